The Hall–Kier alpha value is -2.80. The van der Waals surface area contributed by atoms with Gasteiger partial charge in [0.15, 0.2) is 0 Å². The van der Waals surface area contributed by atoms with E-state index in [2.05, 4.69) is 25.6 Å². The van der Waals surface area contributed by atoms with E-state index >= 15 is 0 Å². The zero-order valence-corrected chi connectivity index (χ0v) is 13.0. The van der Waals surface area contributed by atoms with Crippen LogP contribution >= 0.6 is 0 Å². The summed E-state index contributed by atoms with van der Waals surface area (Å²) in [4.78, 5) is 25.1. The molecule has 2 aliphatic heterocycles. The lowest BCUT2D eigenvalue weighted by molar-refractivity contribution is -0.115. The van der Waals surface area contributed by atoms with Gasteiger partial charge in [0.1, 0.15) is 5.70 Å². The number of carbonyl (C=O) groups is 1. The molecule has 2 aromatic rings. The minimum Gasteiger partial charge on any atom is -0.379 e. The van der Waals surface area contributed by atoms with Crippen molar-refractivity contribution in [3.8, 4) is 0 Å². The van der Waals surface area contributed by atoms with Gasteiger partial charge >= 0.3 is 0 Å². The number of rotatable bonds is 2. The largest absolute Gasteiger partial charge is 0.379 e. The molecule has 7 heteroatoms. The first kappa shape index (κ1) is 14.8. The van der Waals surface area contributed by atoms with Gasteiger partial charge in [0.25, 0.3) is 5.91 Å². The van der Waals surface area contributed by atoms with Gasteiger partial charge in [-0.25, -0.2) is 4.99 Å². The van der Waals surface area contributed by atoms with Gasteiger partial charge in [-0.15, -0.1) is 0 Å². The normalized spacial score (nSPS) is 24.3. The Morgan fingerprint density at radius 2 is 2.08 bits per heavy atom. The van der Waals surface area contributed by atoms with E-state index in [-0.39, 0.29) is 11.9 Å². The maximum atomic E-state index is 12.1. The van der Waals surface area contributed by atoms with Crippen LogP contribution in [-0.2, 0) is 9.53 Å². The number of nitrogens with zero attached hydrogens (tertiary/aromatic N) is 3. The molecule has 1 amide bonds. The maximum absolute atomic E-state index is 12.1. The zero-order valence-electron chi connectivity index (χ0n) is 13.0. The molecule has 0 radical (unpaired) electrons. The van der Waals surface area contributed by atoms with Gasteiger partial charge in [-0.3, -0.25) is 20.1 Å². The molecule has 1 aromatic carbocycles. The highest BCUT2D eigenvalue weighted by atomic mass is 16.5. The molecule has 0 unspecified atom stereocenters. The van der Waals surface area contributed by atoms with E-state index < -0.39 is 0 Å². The van der Waals surface area contributed by atoms with E-state index in [1.54, 1.807) is 18.5 Å². The lowest BCUT2D eigenvalue weighted by Crippen LogP contribution is -2.30. The zero-order chi connectivity index (χ0) is 16.4. The van der Waals surface area contributed by atoms with E-state index in [9.17, 15) is 4.79 Å². The molecule has 4 rings (SSSR count). The average molecular weight is 323 g/mol. The summed E-state index contributed by atoms with van der Waals surface area (Å²) in [6, 6.07) is 5.78. The van der Waals surface area contributed by atoms with Crippen LogP contribution in [0.2, 0.25) is 0 Å². The Morgan fingerprint density at radius 3 is 2.92 bits per heavy atom. The highest BCUT2D eigenvalue weighted by Crippen LogP contribution is 2.15. The summed E-state index contributed by atoms with van der Waals surface area (Å²) in [6.45, 7) is 1.39. The SMILES string of the molecule is O=C1NC(=N[C@H]2CCCOC2)N/C1=C\c1ccc2nccnc2c1. The van der Waals surface area contributed by atoms with Crippen LogP contribution in [0.3, 0.4) is 0 Å². The fourth-order valence-electron chi connectivity index (χ4n) is 2.80. The third kappa shape index (κ3) is 3.11. The van der Waals surface area contributed by atoms with E-state index in [0.29, 0.717) is 18.3 Å². The van der Waals surface area contributed by atoms with Crippen molar-refractivity contribution in [1.82, 2.24) is 20.6 Å². The Kier molecular flexibility index (Phi) is 3.92. The van der Waals surface area contributed by atoms with Gasteiger partial charge in [0.05, 0.1) is 23.7 Å². The lowest BCUT2D eigenvalue weighted by atomic mass is 10.1. The third-order valence-corrected chi connectivity index (χ3v) is 3.98. The molecule has 24 heavy (non-hydrogen) atoms. The first-order valence-corrected chi connectivity index (χ1v) is 7.94. The molecule has 0 spiro atoms. The fourth-order valence-corrected chi connectivity index (χ4v) is 2.80. The Bertz CT molecular complexity index is 840. The molecule has 0 bridgehead atoms. The Balaban J connectivity index is 1.55. The second-order valence-electron chi connectivity index (χ2n) is 5.79. The van der Waals surface area contributed by atoms with Crippen LogP contribution in [0.1, 0.15) is 18.4 Å². The molecule has 1 atom stereocenters. The molecular weight excluding hydrogens is 306 g/mol. The van der Waals surface area contributed by atoms with E-state index in [1.165, 1.54) is 0 Å². The van der Waals surface area contributed by atoms with E-state index in [4.69, 9.17) is 4.74 Å². The molecule has 0 saturated carbocycles. The number of benzene rings is 1. The van der Waals surface area contributed by atoms with Crippen LogP contribution in [0.4, 0.5) is 0 Å². The van der Waals surface area contributed by atoms with Crippen molar-refractivity contribution >= 4 is 29.0 Å². The van der Waals surface area contributed by atoms with Crippen LogP contribution in [0, 0.1) is 0 Å². The summed E-state index contributed by atoms with van der Waals surface area (Å²) in [5, 5.41) is 5.80. The highest BCUT2D eigenvalue weighted by Gasteiger charge is 2.23. The molecule has 7 nitrogen and oxygen atoms in total. The van der Waals surface area contributed by atoms with E-state index in [0.717, 1.165) is 36.0 Å². The van der Waals surface area contributed by atoms with Crippen molar-refractivity contribution in [2.45, 2.75) is 18.9 Å². The fraction of sp³-hybridized carbons (Fsp3) is 0.294. The number of nitrogens with one attached hydrogen (secondary N) is 2. The van der Waals surface area contributed by atoms with Crippen molar-refractivity contribution in [2.24, 2.45) is 4.99 Å². The average Bonchev–Trinajstić information content (AvgIpc) is 2.95. The predicted octanol–water partition coefficient (Wildman–Crippen LogP) is 1.23. The molecule has 0 aliphatic carbocycles. The predicted molar refractivity (Wildman–Crippen MR) is 90.1 cm³/mol. The van der Waals surface area contributed by atoms with Crippen molar-refractivity contribution < 1.29 is 9.53 Å². The molecule has 2 fully saturated rings. The van der Waals surface area contributed by atoms with Crippen molar-refractivity contribution in [1.29, 1.82) is 0 Å². The molecule has 122 valence electrons. The second kappa shape index (κ2) is 6.37. The summed E-state index contributed by atoms with van der Waals surface area (Å²) in [5.74, 6) is 0.298. The number of fused-ring (bicyclic) bond motifs is 1. The van der Waals surface area contributed by atoms with Crippen molar-refractivity contribution in [3.63, 3.8) is 0 Å². The van der Waals surface area contributed by atoms with Gasteiger partial charge in [-0.1, -0.05) is 6.07 Å². The second-order valence-corrected chi connectivity index (χ2v) is 5.79. The summed E-state index contributed by atoms with van der Waals surface area (Å²) in [7, 11) is 0. The van der Waals surface area contributed by atoms with Gasteiger partial charge in [0, 0.05) is 19.0 Å². The molecule has 1 aromatic heterocycles. The monoisotopic (exact) mass is 323 g/mol. The van der Waals surface area contributed by atoms with Crippen LogP contribution in [0.5, 0.6) is 0 Å². The van der Waals surface area contributed by atoms with Gasteiger partial charge in [0.2, 0.25) is 5.96 Å². The van der Waals surface area contributed by atoms with Crippen LogP contribution < -0.4 is 10.6 Å². The lowest BCUT2D eigenvalue weighted by Gasteiger charge is -2.18. The molecular formula is C17H17N5O2. The molecule has 2 aliphatic rings. The third-order valence-electron chi connectivity index (χ3n) is 3.98. The first-order chi connectivity index (χ1) is 11.8. The smallest absolute Gasteiger partial charge is 0.274 e. The highest BCUT2D eigenvalue weighted by molar-refractivity contribution is 6.15. The van der Waals surface area contributed by atoms with Gasteiger partial charge in [-0.2, -0.15) is 0 Å². The van der Waals surface area contributed by atoms with E-state index in [1.807, 2.05) is 18.2 Å². The number of aliphatic imine (C=N–C) groups is 1. The maximum Gasteiger partial charge on any atom is 0.274 e. The number of carbonyl (C=O) groups excluding carboxylic acids is 1. The van der Waals surface area contributed by atoms with Crippen LogP contribution in [0.25, 0.3) is 17.1 Å². The van der Waals surface area contributed by atoms with Gasteiger partial charge < -0.3 is 10.1 Å². The van der Waals surface area contributed by atoms with Crippen LogP contribution in [0.15, 0.2) is 41.3 Å². The number of guanidine groups is 1. The Morgan fingerprint density at radius 1 is 1.21 bits per heavy atom. The van der Waals surface area contributed by atoms with Gasteiger partial charge in [-0.05, 0) is 36.6 Å². The topological polar surface area (TPSA) is 88.5 Å². The molecule has 2 saturated heterocycles. The summed E-state index contributed by atoms with van der Waals surface area (Å²) in [5.41, 5.74) is 2.96. The van der Waals surface area contributed by atoms with Crippen molar-refractivity contribution in [2.75, 3.05) is 13.2 Å². The number of hydrogen-bond acceptors (Lipinski definition) is 5. The molecule has 2 N–H and O–H groups in total. The number of amides is 1. The van der Waals surface area contributed by atoms with Crippen LogP contribution in [-0.4, -0.2) is 41.1 Å². The quantitative estimate of drug-likeness (QED) is 0.812. The summed E-state index contributed by atoms with van der Waals surface area (Å²) < 4.78 is 5.41. The number of ether oxygens (including phenoxy) is 1. The minimum atomic E-state index is -0.190. The summed E-state index contributed by atoms with van der Waals surface area (Å²) in [6.07, 6.45) is 7.06. The number of aromatic nitrogens is 2. The molecule has 3 heterocycles. The van der Waals surface area contributed by atoms with Crippen molar-refractivity contribution in [3.05, 3.63) is 41.9 Å². The number of hydrogen-bond donors (Lipinski definition) is 2. The summed E-state index contributed by atoms with van der Waals surface area (Å²) >= 11 is 0. The standard InChI is InChI=1S/C17H17N5O2/c23-16-15(21-17(22-16)20-12-2-1-7-24-10-12)9-11-3-4-13-14(8-11)19-6-5-18-13/h3-6,8-9,12H,1-2,7,10H2,(H2,20,21,22,23)/b15-9-/t12-/m0/s1. The Labute approximate surface area is 138 Å². The minimum absolute atomic E-state index is 0.0943. The first-order valence-electron chi connectivity index (χ1n) is 7.94.